The van der Waals surface area contributed by atoms with Gasteiger partial charge in [-0.1, -0.05) is 29.8 Å². The molecule has 11 nitrogen and oxygen atoms in total. The molecule has 0 bridgehead atoms. The van der Waals surface area contributed by atoms with E-state index in [0.717, 1.165) is 0 Å². The van der Waals surface area contributed by atoms with Crippen LogP contribution in [0.2, 0.25) is 5.02 Å². The first-order valence-electron chi connectivity index (χ1n) is 9.33. The van der Waals surface area contributed by atoms with E-state index in [1.54, 1.807) is 30.1 Å². The van der Waals surface area contributed by atoms with E-state index in [0.29, 0.717) is 21.9 Å². The lowest BCUT2D eigenvalue weighted by Gasteiger charge is -2.29. The first-order chi connectivity index (χ1) is 14.9. The van der Waals surface area contributed by atoms with Crippen LogP contribution in [0.15, 0.2) is 34.0 Å². The van der Waals surface area contributed by atoms with Gasteiger partial charge in [-0.2, -0.15) is 0 Å². The third kappa shape index (κ3) is 3.96. The lowest BCUT2D eigenvalue weighted by atomic mass is 10.1. The van der Waals surface area contributed by atoms with Crippen molar-refractivity contribution < 1.29 is 38.8 Å². The van der Waals surface area contributed by atoms with Gasteiger partial charge in [0.15, 0.2) is 6.20 Å². The molecule has 2 aliphatic heterocycles. The van der Waals surface area contributed by atoms with Crippen LogP contribution in [0.25, 0.3) is 0 Å². The largest absolute Gasteiger partial charge is 0.530 e. The summed E-state index contributed by atoms with van der Waals surface area (Å²) in [6, 6.07) is 5.09. The molecule has 168 valence electrons. The number of aliphatic hydroxyl groups excluding tert-OH is 2. The number of hydrogen-bond donors (Lipinski definition) is 3. The third-order valence-corrected chi connectivity index (χ3v) is 6.26. The Balaban J connectivity index is 1.58. The van der Waals surface area contributed by atoms with Gasteiger partial charge in [-0.3, -0.25) is 23.4 Å². The van der Waals surface area contributed by atoms with Crippen LogP contribution in [0.1, 0.15) is 18.7 Å². The molecule has 3 N–H and O–H groups in total. The van der Waals surface area contributed by atoms with Gasteiger partial charge in [-0.05, 0) is 12.5 Å². The smallest absolute Gasteiger partial charge is 0.403 e. The van der Waals surface area contributed by atoms with Gasteiger partial charge in [0.2, 0.25) is 0 Å². The fraction of sp³-hybridized carbons (Fsp3) is 0.412. The van der Waals surface area contributed by atoms with Crippen LogP contribution >= 0.6 is 19.4 Å². The Hall–Kier alpha value is -2.05. The molecule has 0 aliphatic carbocycles. The van der Waals surface area contributed by atoms with Gasteiger partial charge in [0.1, 0.15) is 29.6 Å². The molecule has 2 aliphatic rings. The van der Waals surface area contributed by atoms with Gasteiger partial charge in [0.25, 0.3) is 11.4 Å². The minimum atomic E-state index is -4.36. The number of phosphoric acid groups is 1. The van der Waals surface area contributed by atoms with E-state index in [4.69, 9.17) is 31.3 Å². The molecule has 1 fully saturated rings. The molecule has 1 saturated heterocycles. The van der Waals surface area contributed by atoms with Crippen LogP contribution in [-0.2, 0) is 25.0 Å². The van der Waals surface area contributed by atoms with Crippen molar-refractivity contribution >= 4 is 19.4 Å². The molecule has 0 amide bonds. The molecule has 0 spiro atoms. The van der Waals surface area contributed by atoms with Gasteiger partial charge >= 0.3 is 13.5 Å². The van der Waals surface area contributed by atoms with Gasteiger partial charge in [0.05, 0.1) is 7.98 Å². The maximum Gasteiger partial charge on any atom is 0.530 e. The number of aliphatic hydroxyl groups is 2. The number of aromatic amines is 1. The predicted molar refractivity (Wildman–Crippen MR) is 102 cm³/mol. The zero-order valence-corrected chi connectivity index (χ0v) is 17.4. The number of hydrogen-bond acceptors (Lipinski definition) is 9. The van der Waals surface area contributed by atoms with E-state index >= 15 is 4.39 Å². The highest BCUT2D eigenvalue weighted by atomic mass is 35.5. The SMILES string of the molecule is [2H][C@@]1(n2cc(Cl)c(=O)[nH]c2=O)O[C@](F)(COP2(=O)OCc3cccc(C)c3O2)[C@@H](O)[C@H]1O. The molecular formula is C17H17ClFN2O9P. The molecular weight excluding hydrogens is 462 g/mol. The Bertz CT molecular complexity index is 1240. The summed E-state index contributed by atoms with van der Waals surface area (Å²) in [7, 11) is -4.36. The van der Waals surface area contributed by atoms with Gasteiger partial charge in [-0.25, -0.2) is 13.8 Å². The molecule has 1 aromatic heterocycles. The first-order valence-corrected chi connectivity index (χ1v) is 10.7. The summed E-state index contributed by atoms with van der Waals surface area (Å²) in [5, 5.41) is 19.9. The highest BCUT2D eigenvalue weighted by Crippen LogP contribution is 2.56. The van der Waals surface area contributed by atoms with Crippen LogP contribution in [0.3, 0.4) is 0 Å². The number of H-pyrrole nitrogens is 1. The summed E-state index contributed by atoms with van der Waals surface area (Å²) in [5.41, 5.74) is -1.04. The van der Waals surface area contributed by atoms with E-state index in [9.17, 15) is 24.4 Å². The summed E-state index contributed by atoms with van der Waals surface area (Å²) in [6.07, 6.45) is -7.07. The first kappa shape index (κ1) is 20.8. The van der Waals surface area contributed by atoms with E-state index in [2.05, 4.69) is 0 Å². The van der Waals surface area contributed by atoms with Crippen molar-refractivity contribution in [2.45, 2.75) is 37.8 Å². The molecule has 5 atom stereocenters. The van der Waals surface area contributed by atoms with Crippen molar-refractivity contribution in [2.24, 2.45) is 0 Å². The number of para-hydroxylation sites is 1. The number of aryl methyl sites for hydroxylation is 1. The number of nitrogens with zero attached hydrogens (tertiary/aromatic N) is 1. The number of nitrogens with one attached hydrogen (secondary N) is 1. The average molecular weight is 480 g/mol. The van der Waals surface area contributed by atoms with E-state index in [1.807, 2.05) is 0 Å². The number of rotatable bonds is 4. The minimum Gasteiger partial charge on any atom is -0.403 e. The standard InChI is InChI=1S/C17H17ClFN2O9P/c1-8-3-2-4-9-6-27-31(26,30-12(8)9)28-7-17(19)13(23)11(22)15(29-17)21-5-10(18)14(24)20-16(21)25/h2-5,11,13,15,22-23H,6-7H2,1H3,(H,20,24,25)/t11-,13+,15-,17-,31?/m1/s1/i15D. The van der Waals surface area contributed by atoms with Gasteiger partial charge in [-0.15, -0.1) is 0 Å². The molecule has 31 heavy (non-hydrogen) atoms. The second kappa shape index (κ2) is 7.82. The number of alkyl halides is 1. The Kier molecular flexibility index (Phi) is 5.25. The second-order valence-electron chi connectivity index (χ2n) is 6.87. The van der Waals surface area contributed by atoms with Crippen LogP contribution < -0.4 is 15.8 Å². The number of fused-ring (bicyclic) bond motifs is 1. The monoisotopic (exact) mass is 479 g/mol. The summed E-state index contributed by atoms with van der Waals surface area (Å²) < 4.78 is 57.0. The average Bonchev–Trinajstić information content (AvgIpc) is 2.91. The summed E-state index contributed by atoms with van der Waals surface area (Å²) in [5.74, 6) is -3.09. The van der Waals surface area contributed by atoms with Gasteiger partial charge in [0, 0.05) is 11.8 Å². The molecule has 2 aromatic rings. The van der Waals surface area contributed by atoms with Crippen molar-refractivity contribution in [3.63, 3.8) is 0 Å². The lowest BCUT2D eigenvalue weighted by Crippen LogP contribution is -2.43. The fourth-order valence-electron chi connectivity index (χ4n) is 3.06. The summed E-state index contributed by atoms with van der Waals surface area (Å²) >= 11 is 5.64. The van der Waals surface area contributed by atoms with Crippen LogP contribution in [0, 0.1) is 6.92 Å². The maximum atomic E-state index is 15.4. The second-order valence-corrected chi connectivity index (χ2v) is 8.87. The Morgan fingerprint density at radius 2 is 2.23 bits per heavy atom. The van der Waals surface area contributed by atoms with E-state index in [1.165, 1.54) is 0 Å². The van der Waals surface area contributed by atoms with Crippen molar-refractivity contribution in [3.8, 4) is 5.75 Å². The number of benzene rings is 1. The lowest BCUT2D eigenvalue weighted by molar-refractivity contribution is -0.205. The minimum absolute atomic E-state index is 0.159. The normalized spacial score (nSPS) is 35.3. The zero-order chi connectivity index (χ0) is 23.5. The molecule has 14 heteroatoms. The van der Waals surface area contributed by atoms with Crippen LogP contribution in [-0.4, -0.2) is 44.4 Å². The topological polar surface area (TPSA) is 149 Å². The molecule has 0 radical (unpaired) electrons. The van der Waals surface area contributed by atoms with Gasteiger partial charge < -0.3 is 19.5 Å². The predicted octanol–water partition coefficient (Wildman–Crippen LogP) is 1.15. The zero-order valence-electron chi connectivity index (χ0n) is 16.8. The quantitative estimate of drug-likeness (QED) is 0.549. The molecule has 4 rings (SSSR count). The van der Waals surface area contributed by atoms with E-state index in [-0.39, 0.29) is 12.4 Å². The van der Waals surface area contributed by atoms with Crippen molar-refractivity contribution in [1.29, 1.82) is 0 Å². The number of phosphoric ester groups is 1. The Morgan fingerprint density at radius 3 is 2.97 bits per heavy atom. The van der Waals surface area contributed by atoms with Crippen LogP contribution in [0.5, 0.6) is 5.75 Å². The molecule has 1 aromatic carbocycles. The summed E-state index contributed by atoms with van der Waals surface area (Å²) in [6.45, 7) is 0.232. The highest BCUT2D eigenvalue weighted by Gasteiger charge is 2.57. The third-order valence-electron chi connectivity index (χ3n) is 4.70. The Morgan fingerprint density at radius 1 is 1.48 bits per heavy atom. The fourth-order valence-corrected chi connectivity index (χ4v) is 4.50. The van der Waals surface area contributed by atoms with E-state index < -0.39 is 55.0 Å². The van der Waals surface area contributed by atoms with Crippen LogP contribution in [0.4, 0.5) is 4.39 Å². The highest BCUT2D eigenvalue weighted by molar-refractivity contribution is 7.49. The summed E-state index contributed by atoms with van der Waals surface area (Å²) in [4.78, 5) is 25.3. The van der Waals surface area contributed by atoms with Crippen molar-refractivity contribution in [3.05, 3.63) is 61.4 Å². The number of halogens is 2. The number of ether oxygens (including phenoxy) is 1. The number of aromatic nitrogens is 2. The van der Waals surface area contributed by atoms with Crippen molar-refractivity contribution in [2.75, 3.05) is 6.61 Å². The Labute approximate surface area is 179 Å². The molecule has 0 saturated carbocycles. The van der Waals surface area contributed by atoms with Crippen molar-refractivity contribution in [1.82, 2.24) is 9.55 Å². The molecule has 3 heterocycles. The molecule has 1 unspecified atom stereocenters. The maximum absolute atomic E-state index is 15.4.